The number of hydrogen-bond donors (Lipinski definition) is 1. The zero-order valence-corrected chi connectivity index (χ0v) is 13.2. The molecule has 0 aliphatic rings. The molecule has 6 heteroatoms. The number of hydrogen-bond acceptors (Lipinski definition) is 5. The van der Waals surface area contributed by atoms with Crippen LogP contribution in [0.2, 0.25) is 0 Å². The Morgan fingerprint density at radius 3 is 2.60 bits per heavy atom. The Bertz CT molecular complexity index is 651. The predicted molar refractivity (Wildman–Crippen MR) is 83.8 cm³/mol. The van der Waals surface area contributed by atoms with Crippen molar-refractivity contribution in [2.75, 3.05) is 19.1 Å². The number of sulfone groups is 1. The fourth-order valence-corrected chi connectivity index (χ4v) is 3.87. The number of rotatable bonds is 6. The minimum Gasteiger partial charge on any atom is -0.316 e. The van der Waals surface area contributed by atoms with Crippen LogP contribution in [0.1, 0.15) is 5.01 Å². The van der Waals surface area contributed by atoms with Gasteiger partial charge in [0.25, 0.3) is 0 Å². The first kappa shape index (κ1) is 15.2. The molecular formula is C14H18N2O2S2. The summed E-state index contributed by atoms with van der Waals surface area (Å²) in [5.74, 6) is 0.129. The van der Waals surface area contributed by atoms with E-state index in [0.717, 1.165) is 16.3 Å². The van der Waals surface area contributed by atoms with Crippen LogP contribution >= 0.6 is 11.3 Å². The van der Waals surface area contributed by atoms with Crippen LogP contribution in [-0.4, -0.2) is 38.5 Å². The average molecular weight is 310 g/mol. The van der Waals surface area contributed by atoms with E-state index < -0.39 is 9.84 Å². The van der Waals surface area contributed by atoms with E-state index in [9.17, 15) is 8.42 Å². The first-order valence-electron chi connectivity index (χ1n) is 6.33. The Labute approximate surface area is 123 Å². The van der Waals surface area contributed by atoms with Crippen molar-refractivity contribution in [3.8, 4) is 11.3 Å². The second kappa shape index (κ2) is 6.47. The van der Waals surface area contributed by atoms with E-state index in [0.29, 0.717) is 6.42 Å². The SMILES string of the molecule is CNC(Cc1nc(-c2ccccc2)cs1)CS(C)(=O)=O. The molecule has 0 aliphatic carbocycles. The molecular weight excluding hydrogens is 292 g/mol. The van der Waals surface area contributed by atoms with Gasteiger partial charge in [0.15, 0.2) is 0 Å². The Morgan fingerprint density at radius 1 is 1.30 bits per heavy atom. The number of nitrogens with zero attached hydrogens (tertiary/aromatic N) is 1. The molecule has 0 amide bonds. The van der Waals surface area contributed by atoms with Crippen LogP contribution in [0.15, 0.2) is 35.7 Å². The maximum Gasteiger partial charge on any atom is 0.148 e. The van der Waals surface area contributed by atoms with E-state index in [1.807, 2.05) is 35.7 Å². The summed E-state index contributed by atoms with van der Waals surface area (Å²) in [5, 5.41) is 6.01. The summed E-state index contributed by atoms with van der Waals surface area (Å²) in [6.45, 7) is 0. The van der Waals surface area contributed by atoms with Crippen molar-refractivity contribution in [2.45, 2.75) is 12.5 Å². The van der Waals surface area contributed by atoms with Gasteiger partial charge in [-0.25, -0.2) is 13.4 Å². The van der Waals surface area contributed by atoms with Gasteiger partial charge < -0.3 is 5.32 Å². The summed E-state index contributed by atoms with van der Waals surface area (Å²) in [6.07, 6.45) is 1.88. The molecule has 1 N–H and O–H groups in total. The maximum absolute atomic E-state index is 11.4. The summed E-state index contributed by atoms with van der Waals surface area (Å²) in [7, 11) is -1.21. The zero-order valence-electron chi connectivity index (χ0n) is 11.5. The molecule has 1 heterocycles. The van der Waals surface area contributed by atoms with Crippen LogP contribution < -0.4 is 5.32 Å². The van der Waals surface area contributed by atoms with Gasteiger partial charge >= 0.3 is 0 Å². The van der Waals surface area contributed by atoms with Crippen LogP contribution in [0.25, 0.3) is 11.3 Å². The summed E-state index contributed by atoms with van der Waals surface area (Å²) in [4.78, 5) is 4.58. The summed E-state index contributed by atoms with van der Waals surface area (Å²) in [5.41, 5.74) is 2.03. The van der Waals surface area contributed by atoms with Crippen LogP contribution in [0, 0.1) is 0 Å². The molecule has 2 rings (SSSR count). The third-order valence-electron chi connectivity index (χ3n) is 2.95. The molecule has 108 valence electrons. The number of benzene rings is 1. The van der Waals surface area contributed by atoms with Crippen molar-refractivity contribution >= 4 is 21.2 Å². The van der Waals surface area contributed by atoms with Crippen LogP contribution in [0.5, 0.6) is 0 Å². The lowest BCUT2D eigenvalue weighted by molar-refractivity contribution is 0.566. The van der Waals surface area contributed by atoms with Crippen LogP contribution in [-0.2, 0) is 16.3 Å². The van der Waals surface area contributed by atoms with Gasteiger partial charge in [-0.2, -0.15) is 0 Å². The highest BCUT2D eigenvalue weighted by Crippen LogP contribution is 2.22. The zero-order chi connectivity index (χ0) is 14.6. The quantitative estimate of drug-likeness (QED) is 0.886. The smallest absolute Gasteiger partial charge is 0.148 e. The van der Waals surface area contributed by atoms with Crippen molar-refractivity contribution in [1.82, 2.24) is 10.3 Å². The molecule has 2 aromatic rings. The fraction of sp³-hybridized carbons (Fsp3) is 0.357. The Hall–Kier alpha value is -1.24. The fourth-order valence-electron chi connectivity index (χ4n) is 1.97. The highest BCUT2D eigenvalue weighted by atomic mass is 32.2. The molecule has 0 fully saturated rings. The monoisotopic (exact) mass is 310 g/mol. The molecule has 1 aromatic heterocycles. The Kier molecular flexibility index (Phi) is 4.91. The molecule has 0 radical (unpaired) electrons. The number of thiazole rings is 1. The average Bonchev–Trinajstić information content (AvgIpc) is 2.86. The Morgan fingerprint density at radius 2 is 2.00 bits per heavy atom. The van der Waals surface area contributed by atoms with Crippen molar-refractivity contribution in [1.29, 1.82) is 0 Å². The first-order chi connectivity index (χ1) is 9.48. The summed E-state index contributed by atoms with van der Waals surface area (Å²) >= 11 is 1.57. The van der Waals surface area contributed by atoms with Crippen molar-refractivity contribution in [3.63, 3.8) is 0 Å². The van der Waals surface area contributed by atoms with E-state index in [4.69, 9.17) is 0 Å². The lowest BCUT2D eigenvalue weighted by Crippen LogP contribution is -2.34. The van der Waals surface area contributed by atoms with Crippen molar-refractivity contribution < 1.29 is 8.42 Å². The van der Waals surface area contributed by atoms with Crippen molar-refractivity contribution in [3.05, 3.63) is 40.7 Å². The summed E-state index contributed by atoms with van der Waals surface area (Å²) in [6, 6.07) is 9.87. The molecule has 4 nitrogen and oxygen atoms in total. The second-order valence-corrected chi connectivity index (χ2v) is 7.90. The van der Waals surface area contributed by atoms with E-state index in [1.54, 1.807) is 18.4 Å². The highest BCUT2D eigenvalue weighted by Gasteiger charge is 2.16. The molecule has 0 bridgehead atoms. The standard InChI is InChI=1S/C14H18N2O2S2/c1-15-12(10-20(2,17)18)8-14-16-13(9-19-14)11-6-4-3-5-7-11/h3-7,9,12,15H,8,10H2,1-2H3. The third-order valence-corrected chi connectivity index (χ3v) is 4.83. The van der Waals surface area contributed by atoms with Gasteiger partial charge in [0.1, 0.15) is 9.84 Å². The minimum absolute atomic E-state index is 0.0974. The van der Waals surface area contributed by atoms with E-state index in [-0.39, 0.29) is 11.8 Å². The van der Waals surface area contributed by atoms with Crippen LogP contribution in [0.3, 0.4) is 0 Å². The topological polar surface area (TPSA) is 59.1 Å². The van der Waals surface area contributed by atoms with Crippen molar-refractivity contribution in [2.24, 2.45) is 0 Å². The molecule has 0 saturated heterocycles. The summed E-state index contributed by atoms with van der Waals surface area (Å²) < 4.78 is 22.7. The number of nitrogens with one attached hydrogen (secondary N) is 1. The second-order valence-electron chi connectivity index (χ2n) is 4.77. The number of likely N-dealkylation sites (N-methyl/N-ethyl adjacent to an activating group) is 1. The maximum atomic E-state index is 11.4. The molecule has 0 aliphatic heterocycles. The molecule has 1 atom stereocenters. The molecule has 1 unspecified atom stereocenters. The predicted octanol–water partition coefficient (Wildman–Crippen LogP) is 1.99. The molecule has 20 heavy (non-hydrogen) atoms. The molecule has 0 spiro atoms. The molecule has 1 aromatic carbocycles. The van der Waals surface area contributed by atoms with E-state index in [1.165, 1.54) is 6.26 Å². The minimum atomic E-state index is -2.99. The first-order valence-corrected chi connectivity index (χ1v) is 9.27. The highest BCUT2D eigenvalue weighted by molar-refractivity contribution is 7.90. The lowest BCUT2D eigenvalue weighted by atomic mass is 10.2. The van der Waals surface area contributed by atoms with E-state index in [2.05, 4.69) is 10.3 Å². The van der Waals surface area contributed by atoms with Gasteiger partial charge in [-0.3, -0.25) is 0 Å². The van der Waals surface area contributed by atoms with Gasteiger partial charge in [-0.1, -0.05) is 30.3 Å². The van der Waals surface area contributed by atoms with Gasteiger partial charge in [0.2, 0.25) is 0 Å². The van der Waals surface area contributed by atoms with Gasteiger partial charge in [0.05, 0.1) is 16.5 Å². The number of aromatic nitrogens is 1. The largest absolute Gasteiger partial charge is 0.316 e. The van der Waals surface area contributed by atoms with Gasteiger partial charge in [-0.05, 0) is 7.05 Å². The normalized spacial score (nSPS) is 13.3. The van der Waals surface area contributed by atoms with Gasteiger partial charge in [0, 0.05) is 29.7 Å². The van der Waals surface area contributed by atoms with Crippen LogP contribution in [0.4, 0.5) is 0 Å². The van der Waals surface area contributed by atoms with Gasteiger partial charge in [-0.15, -0.1) is 11.3 Å². The lowest BCUT2D eigenvalue weighted by Gasteiger charge is -2.12. The van der Waals surface area contributed by atoms with E-state index >= 15 is 0 Å². The third kappa shape index (κ3) is 4.40. The Balaban J connectivity index is 2.09. The molecule has 0 saturated carbocycles.